The molecule has 0 unspecified atom stereocenters. The first-order valence-corrected chi connectivity index (χ1v) is 14.0. The van der Waals surface area contributed by atoms with Crippen molar-refractivity contribution in [3.05, 3.63) is 33.8 Å². The Morgan fingerprint density at radius 3 is 2.46 bits per heavy atom. The molecule has 0 saturated carbocycles. The van der Waals surface area contributed by atoms with Crippen molar-refractivity contribution in [2.45, 2.75) is 31.6 Å². The van der Waals surface area contributed by atoms with E-state index in [1.54, 1.807) is 35.8 Å². The molecule has 0 aromatic carbocycles. The smallest absolute Gasteiger partial charge is 0.409 e. The molecule has 10 nitrogen and oxygen atoms in total. The first kappa shape index (κ1) is 25.4. The van der Waals surface area contributed by atoms with Gasteiger partial charge in [0.1, 0.15) is 5.69 Å². The van der Waals surface area contributed by atoms with Crippen LogP contribution in [0.15, 0.2) is 26.9 Å². The van der Waals surface area contributed by atoms with Crippen molar-refractivity contribution in [2.75, 3.05) is 45.9 Å². The molecule has 0 N–H and O–H groups in total. The zero-order chi connectivity index (χ0) is 25.0. The molecule has 2 aromatic heterocycles. The van der Waals surface area contributed by atoms with Crippen LogP contribution in [-0.4, -0.2) is 85.6 Å². The highest BCUT2D eigenvalue weighted by Crippen LogP contribution is 2.30. The number of carbonyl (C=O) groups excluding carboxylic acids is 2. The number of piperazine rings is 1. The lowest BCUT2D eigenvalue weighted by Crippen LogP contribution is -2.53. The summed E-state index contributed by atoms with van der Waals surface area (Å²) < 4.78 is 38.6. The maximum absolute atomic E-state index is 13.4. The molecule has 0 spiro atoms. The van der Waals surface area contributed by atoms with Crippen LogP contribution in [0, 0.1) is 12.8 Å². The van der Waals surface area contributed by atoms with E-state index in [0.717, 1.165) is 4.88 Å². The van der Waals surface area contributed by atoms with Crippen molar-refractivity contribution < 1.29 is 27.3 Å². The van der Waals surface area contributed by atoms with Gasteiger partial charge in [0.15, 0.2) is 10.7 Å². The fourth-order valence-electron chi connectivity index (χ4n) is 4.40. The normalized spacial score (nSPS) is 18.3. The maximum Gasteiger partial charge on any atom is 0.409 e. The van der Waals surface area contributed by atoms with E-state index in [9.17, 15) is 18.0 Å². The lowest BCUT2D eigenvalue weighted by Gasteiger charge is -2.37. The number of rotatable bonds is 6. The van der Waals surface area contributed by atoms with Crippen molar-refractivity contribution in [1.82, 2.24) is 19.3 Å². The molecule has 12 heteroatoms. The number of aromatic nitrogens is 1. The molecule has 0 aliphatic carbocycles. The summed E-state index contributed by atoms with van der Waals surface area (Å²) in [6.45, 7) is 5.98. The number of amides is 2. The largest absolute Gasteiger partial charge is 0.450 e. The average molecular weight is 523 g/mol. The molecule has 190 valence electrons. The zero-order valence-electron chi connectivity index (χ0n) is 19.9. The second kappa shape index (κ2) is 10.9. The second-order valence-electron chi connectivity index (χ2n) is 8.50. The van der Waals surface area contributed by atoms with Gasteiger partial charge in [-0.25, -0.2) is 13.2 Å². The van der Waals surface area contributed by atoms with Gasteiger partial charge in [-0.15, -0.1) is 11.3 Å². The number of carbonyl (C=O) groups is 2. The molecule has 2 saturated heterocycles. The van der Waals surface area contributed by atoms with Gasteiger partial charge in [0.25, 0.3) is 0 Å². The Kier molecular flexibility index (Phi) is 7.92. The van der Waals surface area contributed by atoms with Gasteiger partial charge in [-0.3, -0.25) is 4.79 Å². The third-order valence-electron chi connectivity index (χ3n) is 6.29. The fourth-order valence-corrected chi connectivity index (χ4v) is 6.74. The van der Waals surface area contributed by atoms with Crippen LogP contribution in [0.3, 0.4) is 0 Å². The number of ether oxygens (including phenoxy) is 1. The van der Waals surface area contributed by atoms with Crippen molar-refractivity contribution in [3.8, 4) is 0 Å². The highest BCUT2D eigenvalue weighted by Gasteiger charge is 2.37. The number of aryl methyl sites for hydroxylation is 1. The van der Waals surface area contributed by atoms with Crippen LogP contribution in [0.5, 0.6) is 0 Å². The Morgan fingerprint density at radius 1 is 1.14 bits per heavy atom. The highest BCUT2D eigenvalue weighted by atomic mass is 32.2. The number of nitrogens with zero attached hydrogens (tertiary/aromatic N) is 4. The molecule has 2 aliphatic heterocycles. The third-order valence-corrected chi connectivity index (χ3v) is 9.19. The predicted molar refractivity (Wildman–Crippen MR) is 131 cm³/mol. The van der Waals surface area contributed by atoms with E-state index < -0.39 is 10.0 Å². The Morgan fingerprint density at radius 2 is 1.83 bits per heavy atom. The molecule has 0 atom stereocenters. The van der Waals surface area contributed by atoms with Gasteiger partial charge in [-0.1, -0.05) is 11.2 Å². The van der Waals surface area contributed by atoms with Crippen molar-refractivity contribution in [3.63, 3.8) is 0 Å². The van der Waals surface area contributed by atoms with E-state index >= 15 is 0 Å². The standard InChI is InChI=1S/C23H30N4O6S2/c1-3-32-23(29)26-14-12-25(13-15-26)22(28)18-8-10-27(11-9-18)35(30,31)21-17(2)24-33-20(21)7-6-19-5-4-16-34-19/h4-7,16,18H,3,8-15H2,1-2H3. The minimum absolute atomic E-state index is 0.0197. The topological polar surface area (TPSA) is 113 Å². The number of piperidine rings is 1. The monoisotopic (exact) mass is 522 g/mol. The molecule has 2 aromatic rings. The molecule has 2 aliphatic rings. The van der Waals surface area contributed by atoms with E-state index in [2.05, 4.69) is 5.16 Å². The first-order chi connectivity index (χ1) is 16.8. The summed E-state index contributed by atoms with van der Waals surface area (Å²) in [5, 5.41) is 5.82. The van der Waals surface area contributed by atoms with Crippen LogP contribution in [0.1, 0.15) is 36.1 Å². The quantitative estimate of drug-likeness (QED) is 0.573. The fraction of sp³-hybridized carbons (Fsp3) is 0.522. The van der Waals surface area contributed by atoms with Crippen molar-refractivity contribution >= 4 is 45.5 Å². The van der Waals surface area contributed by atoms with E-state index in [1.807, 2.05) is 17.5 Å². The zero-order valence-corrected chi connectivity index (χ0v) is 21.5. The molecule has 0 bridgehead atoms. The summed E-state index contributed by atoms with van der Waals surface area (Å²) in [5.74, 6) is -0.0165. The SMILES string of the molecule is CCOC(=O)N1CCN(C(=O)C2CCN(S(=O)(=O)c3c(C)noc3C=Cc3cccs3)CC2)CC1. The van der Waals surface area contributed by atoms with Crippen molar-refractivity contribution in [1.29, 1.82) is 0 Å². The molecular weight excluding hydrogens is 492 g/mol. The second-order valence-corrected chi connectivity index (χ2v) is 11.4. The molecular formula is C23H30N4O6S2. The number of hydrogen-bond acceptors (Lipinski definition) is 8. The summed E-state index contributed by atoms with van der Waals surface area (Å²) in [6, 6.07) is 3.84. The van der Waals surface area contributed by atoms with E-state index in [-0.39, 0.29) is 41.7 Å². The van der Waals surface area contributed by atoms with Gasteiger partial charge in [0.2, 0.25) is 15.9 Å². The van der Waals surface area contributed by atoms with E-state index in [4.69, 9.17) is 9.26 Å². The molecule has 4 heterocycles. The summed E-state index contributed by atoms with van der Waals surface area (Å²) in [6.07, 6.45) is 3.97. The Bertz CT molecular complexity index is 1160. The lowest BCUT2D eigenvalue weighted by molar-refractivity contribution is -0.138. The molecule has 2 amide bonds. The van der Waals surface area contributed by atoms with Crippen LogP contribution in [0.2, 0.25) is 0 Å². The van der Waals surface area contributed by atoms with Gasteiger partial charge in [-0.05, 0) is 50.3 Å². The van der Waals surface area contributed by atoms with Gasteiger partial charge in [0.05, 0.1) is 6.61 Å². The third kappa shape index (κ3) is 5.60. The van der Waals surface area contributed by atoms with Gasteiger partial charge in [0, 0.05) is 50.1 Å². The molecule has 4 rings (SSSR count). The minimum Gasteiger partial charge on any atom is -0.450 e. The van der Waals surface area contributed by atoms with Crippen LogP contribution >= 0.6 is 11.3 Å². The number of thiophene rings is 1. The van der Waals surface area contributed by atoms with Gasteiger partial charge >= 0.3 is 6.09 Å². The maximum atomic E-state index is 13.4. The van der Waals surface area contributed by atoms with Crippen LogP contribution in [-0.2, 0) is 19.6 Å². The Hall–Kier alpha value is -2.70. The van der Waals surface area contributed by atoms with Crippen LogP contribution in [0.25, 0.3) is 12.2 Å². The van der Waals surface area contributed by atoms with Gasteiger partial charge < -0.3 is 19.1 Å². The van der Waals surface area contributed by atoms with Crippen LogP contribution < -0.4 is 0 Å². The summed E-state index contributed by atoms with van der Waals surface area (Å²) in [7, 11) is -3.82. The summed E-state index contributed by atoms with van der Waals surface area (Å²) >= 11 is 1.54. The first-order valence-electron chi connectivity index (χ1n) is 11.7. The average Bonchev–Trinajstić information content (AvgIpc) is 3.52. The summed E-state index contributed by atoms with van der Waals surface area (Å²) in [5.41, 5.74) is 0.313. The Labute approximate surface area is 209 Å². The van der Waals surface area contributed by atoms with Crippen molar-refractivity contribution in [2.24, 2.45) is 5.92 Å². The van der Waals surface area contributed by atoms with Crippen LogP contribution in [0.4, 0.5) is 4.79 Å². The summed E-state index contributed by atoms with van der Waals surface area (Å²) in [4.78, 5) is 29.3. The molecule has 35 heavy (non-hydrogen) atoms. The minimum atomic E-state index is -3.82. The molecule has 2 fully saturated rings. The Balaban J connectivity index is 1.36. The number of sulfonamides is 1. The lowest BCUT2D eigenvalue weighted by atomic mass is 9.96. The van der Waals surface area contributed by atoms with E-state index in [0.29, 0.717) is 51.3 Å². The van der Waals surface area contributed by atoms with Gasteiger partial charge in [-0.2, -0.15) is 4.31 Å². The van der Waals surface area contributed by atoms with E-state index in [1.165, 1.54) is 15.6 Å². The number of hydrogen-bond donors (Lipinski definition) is 0. The highest BCUT2D eigenvalue weighted by molar-refractivity contribution is 7.89. The predicted octanol–water partition coefficient (Wildman–Crippen LogP) is 2.92. The molecule has 0 radical (unpaired) electrons.